The van der Waals surface area contributed by atoms with Crippen molar-refractivity contribution in [2.24, 2.45) is 52.3 Å². The molecule has 0 radical (unpaired) electrons. The summed E-state index contributed by atoms with van der Waals surface area (Å²) < 4.78 is 77.9. The van der Waals surface area contributed by atoms with E-state index in [1.165, 1.54) is 0 Å². The summed E-state index contributed by atoms with van der Waals surface area (Å²) in [7, 11) is 0. The van der Waals surface area contributed by atoms with Gasteiger partial charge < -0.3 is 164 Å². The molecule has 95 heavy (non-hydrogen) atoms. The third-order valence-electron chi connectivity index (χ3n) is 23.9. The van der Waals surface area contributed by atoms with Gasteiger partial charge in [-0.25, -0.2) is 0 Å². The number of ether oxygens (including phenoxy) is 13. The Morgan fingerprint density at radius 3 is 1.60 bits per heavy atom. The molecule has 11 rings (SSSR count). The smallest absolute Gasteiger partial charge is 0.187 e. The zero-order chi connectivity index (χ0) is 68.7. The largest absolute Gasteiger partial charge is 0.394 e. The topological polar surface area (TPSA) is 525 Å². The molecule has 41 atom stereocenters. The summed E-state index contributed by atoms with van der Waals surface area (Å²) >= 11 is 0. The first kappa shape index (κ1) is 74.9. The zero-order valence-electron chi connectivity index (χ0n) is 53.7. The van der Waals surface area contributed by atoms with Crippen LogP contribution in [0.3, 0.4) is 0 Å². The van der Waals surface area contributed by atoms with Gasteiger partial charge in [0.2, 0.25) is 0 Å². The van der Waals surface area contributed by atoms with Crippen LogP contribution >= 0.6 is 0 Å². The second-order valence-electron chi connectivity index (χ2n) is 29.4. The summed E-state index contributed by atoms with van der Waals surface area (Å²) in [6.45, 7) is 4.00. The van der Waals surface area contributed by atoms with E-state index in [9.17, 15) is 102 Å². The number of fused-ring (bicyclic) bond motifs is 7. The SMILES string of the molecule is C[C@H](CC[C@@]1(O)O[C@@H]2C[C@H]3[C@@H]4CC[C@H]5C[C@@H](O[C@@H]6O[C@H](CO)[C@H](O[C@@H]7O[C@H](CO)[C@@H](O)[C@H](O[C@@H]8OC[C@@H](O)[C@H](O)[C@H]8O)[C@H]7O[C@@H]7O[C@H](CO)[C@@H](O)[C@H](O[C@@H]8O[C@H](CO)[C@@H](O)[C@H](O)[C@H]8O)[C@H]7O)[C@H](O)[C@H]6O)CC[C@]5(C)[C@H]4CC[C@]3(C)[C@H]2[C@@H]1C)CO[C@@H]1O[C@H](CO)[C@@H](O)[C@H](O)[C@H]1O. The van der Waals surface area contributed by atoms with E-state index < -0.39 is 230 Å². The Morgan fingerprint density at radius 2 is 0.958 bits per heavy atom. The molecule has 0 bridgehead atoms. The van der Waals surface area contributed by atoms with Crippen LogP contribution in [0.2, 0.25) is 0 Å². The number of hydrogen-bond donors (Lipinski definition) is 20. The second kappa shape index (κ2) is 30.2. The highest BCUT2D eigenvalue weighted by atomic mass is 16.8. The van der Waals surface area contributed by atoms with E-state index in [2.05, 4.69) is 20.8 Å². The average Bonchev–Trinajstić information content (AvgIpc) is 1.56. The van der Waals surface area contributed by atoms with Crippen molar-refractivity contribution in [3.05, 3.63) is 0 Å². The fraction of sp³-hybridized carbons (Fsp3) is 1.00. The Hall–Kier alpha value is -1.32. The molecule has 7 saturated heterocycles. The highest BCUT2D eigenvalue weighted by molar-refractivity contribution is 5.15. The van der Waals surface area contributed by atoms with E-state index in [-0.39, 0.29) is 47.2 Å². The monoisotopic (exact) mass is 1380 g/mol. The van der Waals surface area contributed by atoms with Gasteiger partial charge in [0, 0.05) is 12.3 Å². The summed E-state index contributed by atoms with van der Waals surface area (Å²) in [5.41, 5.74) is -0.156. The van der Waals surface area contributed by atoms with Crippen LogP contribution in [-0.4, -0.2) is 345 Å². The molecule has 0 unspecified atom stereocenters. The molecular weight excluding hydrogens is 1270 g/mol. The Kier molecular flexibility index (Phi) is 23.8. The fourth-order valence-electron chi connectivity index (χ4n) is 18.3. The Labute approximate surface area is 548 Å². The molecule has 33 nitrogen and oxygen atoms in total. The molecule has 33 heteroatoms. The van der Waals surface area contributed by atoms with Crippen LogP contribution in [-0.2, 0) is 61.6 Å². The van der Waals surface area contributed by atoms with E-state index in [0.717, 1.165) is 38.5 Å². The highest BCUT2D eigenvalue weighted by Crippen LogP contribution is 2.71. The molecule has 20 N–H and O–H groups in total. The van der Waals surface area contributed by atoms with Crippen molar-refractivity contribution >= 4 is 0 Å². The standard InChI is InChI=1S/C62H104O33/c1-22(20-83-54-46(78)42(74)38(70)31(15-63)86-54)7-12-62(82)23(2)36-30(95-62)14-28-26-6-5-24-13-25(8-10-60(24,3)27(26)9-11-61(28,36)4)85-56-48(80)44(76)50(35(19-67)90-56)91-59-53(52(41(73)34(18-66)89-59)93-55-45(77)37(69)29(68)21-84-55)94-58-49(81)51(40(72)33(17-65)88-58)92-57-47(79)43(75)39(71)32(16-64)87-57/h22-59,63-82H,5-21H2,1-4H3/t22-,23+,24+,25+,26-,27+,28+,29-,30-,31-,32-,33-,34-,35-,36+,37+,38-,39-,40-,41-,42+,43+,44-,45-,46-,47-,48-,49-,50+,51+,52+,53-,54-,55+,56-,57+,58+,59+,60+,61+,62-/m1/s1. The summed E-state index contributed by atoms with van der Waals surface area (Å²) in [5.74, 6) is -0.144. The highest BCUT2D eigenvalue weighted by Gasteiger charge is 2.69. The molecule has 7 aliphatic heterocycles. The molecule has 0 aromatic rings. The quantitative estimate of drug-likeness (QED) is 0.0475. The van der Waals surface area contributed by atoms with Crippen molar-refractivity contribution in [1.82, 2.24) is 0 Å². The van der Waals surface area contributed by atoms with Gasteiger partial charge in [-0.1, -0.05) is 27.7 Å². The number of rotatable bonds is 21. The van der Waals surface area contributed by atoms with E-state index in [1.54, 1.807) is 0 Å². The van der Waals surface area contributed by atoms with Gasteiger partial charge >= 0.3 is 0 Å². The van der Waals surface area contributed by atoms with E-state index >= 15 is 0 Å². The molecule has 0 spiro atoms. The average molecular weight is 1380 g/mol. The van der Waals surface area contributed by atoms with Crippen molar-refractivity contribution < 1.29 is 164 Å². The molecule has 11 fully saturated rings. The normalized spacial score (nSPS) is 55.3. The van der Waals surface area contributed by atoms with Gasteiger partial charge in [-0.3, -0.25) is 0 Å². The number of aliphatic hydroxyl groups is 20. The predicted octanol–water partition coefficient (Wildman–Crippen LogP) is -7.67. The van der Waals surface area contributed by atoms with Crippen molar-refractivity contribution in [2.45, 2.75) is 288 Å². The zero-order valence-corrected chi connectivity index (χ0v) is 53.7. The molecule has 4 aliphatic carbocycles. The van der Waals surface area contributed by atoms with Gasteiger partial charge in [0.1, 0.15) is 140 Å². The third kappa shape index (κ3) is 14.1. The maximum atomic E-state index is 12.2. The number of hydrogen-bond acceptors (Lipinski definition) is 33. The minimum Gasteiger partial charge on any atom is -0.394 e. The van der Waals surface area contributed by atoms with Crippen LogP contribution in [0.1, 0.15) is 91.9 Å². The lowest BCUT2D eigenvalue weighted by molar-refractivity contribution is -0.409. The van der Waals surface area contributed by atoms with Crippen LogP contribution < -0.4 is 0 Å². The lowest BCUT2D eigenvalue weighted by Crippen LogP contribution is -2.69. The first-order valence-electron chi connectivity index (χ1n) is 33.8. The third-order valence-corrected chi connectivity index (χ3v) is 23.9. The van der Waals surface area contributed by atoms with E-state index in [0.29, 0.717) is 43.4 Å². The number of aliphatic hydroxyl groups excluding tert-OH is 19. The summed E-state index contributed by atoms with van der Waals surface area (Å²) in [4.78, 5) is 0. The fourth-order valence-corrected chi connectivity index (χ4v) is 18.3. The van der Waals surface area contributed by atoms with Crippen molar-refractivity contribution in [2.75, 3.05) is 46.2 Å². The van der Waals surface area contributed by atoms with Crippen molar-refractivity contribution in [3.8, 4) is 0 Å². The van der Waals surface area contributed by atoms with E-state index in [1.807, 2.05) is 6.92 Å². The van der Waals surface area contributed by atoms with Crippen molar-refractivity contribution in [1.29, 1.82) is 0 Å². The molecule has 11 aliphatic rings. The molecule has 0 amide bonds. The first-order chi connectivity index (χ1) is 45.1. The molecule has 7 heterocycles. The second-order valence-corrected chi connectivity index (χ2v) is 29.4. The van der Waals surface area contributed by atoms with E-state index in [4.69, 9.17) is 61.6 Å². The molecule has 0 aromatic carbocycles. The lowest BCUT2D eigenvalue weighted by atomic mass is 9.44. The summed E-state index contributed by atoms with van der Waals surface area (Å²) in [5, 5.41) is 217. The predicted molar refractivity (Wildman–Crippen MR) is 311 cm³/mol. The lowest BCUT2D eigenvalue weighted by Gasteiger charge is -2.61. The Bertz CT molecular complexity index is 2460. The van der Waals surface area contributed by atoms with Gasteiger partial charge in [-0.2, -0.15) is 0 Å². The van der Waals surface area contributed by atoms with Crippen LogP contribution in [0.25, 0.3) is 0 Å². The van der Waals surface area contributed by atoms with Gasteiger partial charge in [0.15, 0.2) is 43.5 Å². The minimum atomic E-state index is -2.21. The van der Waals surface area contributed by atoms with Gasteiger partial charge in [-0.15, -0.1) is 0 Å². The Morgan fingerprint density at radius 1 is 0.453 bits per heavy atom. The molecule has 0 aromatic heterocycles. The minimum absolute atomic E-state index is 0.0703. The van der Waals surface area contributed by atoms with Gasteiger partial charge in [-0.05, 0) is 104 Å². The van der Waals surface area contributed by atoms with Crippen LogP contribution in [0.5, 0.6) is 0 Å². The molecule has 4 saturated carbocycles. The van der Waals surface area contributed by atoms with Crippen LogP contribution in [0, 0.1) is 52.3 Å². The van der Waals surface area contributed by atoms with Crippen molar-refractivity contribution in [3.63, 3.8) is 0 Å². The van der Waals surface area contributed by atoms with Gasteiger partial charge in [0.05, 0.1) is 58.5 Å². The Balaban J connectivity index is 0.734. The maximum absolute atomic E-state index is 12.2. The molecular formula is C62H104O33. The maximum Gasteiger partial charge on any atom is 0.187 e. The van der Waals surface area contributed by atoms with Gasteiger partial charge in [0.25, 0.3) is 0 Å². The summed E-state index contributed by atoms with van der Waals surface area (Å²) in [6.07, 6.45) is -44.9. The van der Waals surface area contributed by atoms with Crippen LogP contribution in [0.15, 0.2) is 0 Å². The molecule has 550 valence electrons. The first-order valence-corrected chi connectivity index (χ1v) is 33.8. The van der Waals surface area contributed by atoms with Crippen LogP contribution in [0.4, 0.5) is 0 Å². The summed E-state index contributed by atoms with van der Waals surface area (Å²) in [6, 6.07) is 0.